The Morgan fingerprint density at radius 2 is 1.33 bits per heavy atom. The highest BCUT2D eigenvalue weighted by molar-refractivity contribution is 5.95. The minimum absolute atomic E-state index is 0.290. The summed E-state index contributed by atoms with van der Waals surface area (Å²) in [6.07, 6.45) is 0. The fraction of sp³-hybridized carbons (Fsp3) is 0.429. The van der Waals surface area contributed by atoms with Crippen molar-refractivity contribution in [2.24, 2.45) is 14.1 Å². The van der Waals surface area contributed by atoms with Crippen molar-refractivity contribution >= 4 is 27.7 Å². The molecule has 0 saturated carbocycles. The van der Waals surface area contributed by atoms with Crippen LogP contribution in [0.4, 0.5) is 5.69 Å². The molecule has 0 unspecified atom stereocenters. The number of benzene rings is 2. The maximum Gasteiger partial charge on any atom is 0.352 e. The molecule has 0 N–H and O–H groups in total. The molecule has 0 saturated heterocycles. The molecule has 0 aliphatic heterocycles. The lowest BCUT2D eigenvalue weighted by atomic mass is 9.93. The Morgan fingerprint density at radius 1 is 0.758 bits per heavy atom. The smallest absolute Gasteiger partial charge is 0.352 e. The van der Waals surface area contributed by atoms with Crippen LogP contribution < -0.4 is 15.1 Å². The number of aromatic nitrogens is 2. The van der Waals surface area contributed by atoms with Crippen molar-refractivity contribution in [3.63, 3.8) is 0 Å². The summed E-state index contributed by atoms with van der Waals surface area (Å²) in [5.74, 6) is 0.876. The molecule has 0 radical (unpaired) electrons. The van der Waals surface area contributed by atoms with E-state index in [2.05, 4.69) is 76.6 Å². The molecule has 0 atom stereocenters. The minimum atomic E-state index is -0.290. The highest BCUT2D eigenvalue weighted by atomic mass is 16.4. The van der Waals surface area contributed by atoms with E-state index in [1.54, 1.807) is 0 Å². The van der Waals surface area contributed by atoms with Gasteiger partial charge in [-0.05, 0) is 83.2 Å². The largest absolute Gasteiger partial charge is 0.422 e. The summed E-state index contributed by atoms with van der Waals surface area (Å²) in [7, 11) is 8.18. The average Bonchev–Trinajstić information content (AvgIpc) is 2.99. The number of aryl methyl sites for hydroxylation is 7. The standard InChI is InChI=1S/C28H36N3O2/c1-13-14(2)17(5)25-24(16(13)4)30(11)27(31(25)12)22-19(7)21-15(3)18(6)23(29(9)10)20(8)26(21)33-28(22)32/h1-12H3/q+1. The molecular weight excluding hydrogens is 410 g/mol. The first-order chi connectivity index (χ1) is 15.3. The van der Waals surface area contributed by atoms with Crippen molar-refractivity contribution in [2.75, 3.05) is 19.0 Å². The first-order valence-corrected chi connectivity index (χ1v) is 11.5. The van der Waals surface area contributed by atoms with E-state index in [-0.39, 0.29) is 5.63 Å². The third kappa shape index (κ3) is 2.91. The molecule has 5 heteroatoms. The Labute approximate surface area is 196 Å². The fourth-order valence-corrected chi connectivity index (χ4v) is 5.91. The second kappa shape index (κ2) is 7.47. The molecule has 174 valence electrons. The van der Waals surface area contributed by atoms with Crippen LogP contribution in [-0.4, -0.2) is 18.7 Å². The lowest BCUT2D eigenvalue weighted by molar-refractivity contribution is -0.634. The molecule has 0 bridgehead atoms. The zero-order valence-electron chi connectivity index (χ0n) is 22.2. The van der Waals surface area contributed by atoms with E-state index in [1.165, 1.54) is 38.9 Å². The number of anilines is 1. The Morgan fingerprint density at radius 3 is 1.91 bits per heavy atom. The van der Waals surface area contributed by atoms with Crippen molar-refractivity contribution in [3.05, 3.63) is 54.9 Å². The van der Waals surface area contributed by atoms with E-state index in [0.717, 1.165) is 33.6 Å². The van der Waals surface area contributed by atoms with Gasteiger partial charge in [-0.25, -0.2) is 13.9 Å². The monoisotopic (exact) mass is 446 g/mol. The predicted octanol–water partition coefficient (Wildman–Crippen LogP) is 5.31. The molecule has 33 heavy (non-hydrogen) atoms. The van der Waals surface area contributed by atoms with Crippen molar-refractivity contribution in [1.82, 2.24) is 4.57 Å². The third-order valence-corrected chi connectivity index (χ3v) is 7.96. The van der Waals surface area contributed by atoms with Gasteiger partial charge in [-0.1, -0.05) is 0 Å². The normalized spacial score (nSPS) is 11.8. The Balaban J connectivity index is 2.23. The number of imidazole rings is 1. The van der Waals surface area contributed by atoms with Crippen molar-refractivity contribution in [3.8, 4) is 11.4 Å². The molecule has 4 rings (SSSR count). The van der Waals surface area contributed by atoms with Crippen LogP contribution in [0, 0.1) is 55.4 Å². The first-order valence-electron chi connectivity index (χ1n) is 11.5. The van der Waals surface area contributed by atoms with Crippen molar-refractivity contribution < 1.29 is 8.98 Å². The Bertz CT molecular complexity index is 1500. The van der Waals surface area contributed by atoms with Gasteiger partial charge in [0.05, 0.1) is 14.1 Å². The molecule has 0 fully saturated rings. The van der Waals surface area contributed by atoms with Crippen LogP contribution in [0.3, 0.4) is 0 Å². The molecule has 5 nitrogen and oxygen atoms in total. The second-order valence-corrected chi connectivity index (χ2v) is 9.85. The van der Waals surface area contributed by atoms with Gasteiger partial charge in [0, 0.05) is 41.9 Å². The van der Waals surface area contributed by atoms with Gasteiger partial charge in [0.1, 0.15) is 5.58 Å². The van der Waals surface area contributed by atoms with E-state index in [1.807, 2.05) is 21.0 Å². The Kier molecular flexibility index (Phi) is 5.23. The highest BCUT2D eigenvalue weighted by Gasteiger charge is 2.32. The van der Waals surface area contributed by atoms with Gasteiger partial charge in [-0.2, -0.15) is 0 Å². The van der Waals surface area contributed by atoms with Crippen molar-refractivity contribution in [2.45, 2.75) is 55.4 Å². The molecular formula is C28H36N3O2+. The molecule has 0 aliphatic carbocycles. The maximum absolute atomic E-state index is 13.6. The Hall–Kier alpha value is -3.08. The molecule has 2 heterocycles. The highest BCUT2D eigenvalue weighted by Crippen LogP contribution is 2.38. The van der Waals surface area contributed by atoms with E-state index < -0.39 is 0 Å². The zero-order chi connectivity index (χ0) is 24.7. The number of rotatable bonds is 2. The lowest BCUT2D eigenvalue weighted by Crippen LogP contribution is -2.33. The quantitative estimate of drug-likeness (QED) is 0.310. The van der Waals surface area contributed by atoms with Gasteiger partial charge in [0.25, 0.3) is 5.82 Å². The van der Waals surface area contributed by atoms with E-state index >= 15 is 0 Å². The van der Waals surface area contributed by atoms with Crippen molar-refractivity contribution in [1.29, 1.82) is 0 Å². The van der Waals surface area contributed by atoms with Crippen LogP contribution in [0.2, 0.25) is 0 Å². The summed E-state index contributed by atoms with van der Waals surface area (Å²) in [5.41, 5.74) is 13.9. The van der Waals surface area contributed by atoms with Crippen LogP contribution in [-0.2, 0) is 14.1 Å². The van der Waals surface area contributed by atoms with Gasteiger partial charge in [-0.15, -0.1) is 0 Å². The van der Waals surface area contributed by atoms with Crippen LogP contribution in [0.1, 0.15) is 44.5 Å². The summed E-state index contributed by atoms with van der Waals surface area (Å²) in [5, 5.41) is 1.04. The molecule has 4 aromatic rings. The number of nitrogens with zero attached hydrogens (tertiary/aromatic N) is 3. The molecule has 2 aromatic heterocycles. The summed E-state index contributed by atoms with van der Waals surface area (Å²) in [4.78, 5) is 15.7. The first kappa shape index (κ1) is 23.1. The van der Waals surface area contributed by atoms with Gasteiger partial charge in [0.2, 0.25) is 0 Å². The van der Waals surface area contributed by atoms with Gasteiger partial charge < -0.3 is 9.32 Å². The number of fused-ring (bicyclic) bond motifs is 2. The van der Waals surface area contributed by atoms with Crippen LogP contribution in [0.5, 0.6) is 0 Å². The van der Waals surface area contributed by atoms with E-state index in [0.29, 0.717) is 11.1 Å². The summed E-state index contributed by atoms with van der Waals surface area (Å²) in [6, 6.07) is 0. The predicted molar refractivity (Wildman–Crippen MR) is 138 cm³/mol. The summed E-state index contributed by atoms with van der Waals surface area (Å²) >= 11 is 0. The van der Waals surface area contributed by atoms with Crippen LogP contribution in [0.15, 0.2) is 9.21 Å². The lowest BCUT2D eigenvalue weighted by Gasteiger charge is -2.22. The molecule has 0 amide bonds. The number of hydrogen-bond donors (Lipinski definition) is 0. The van der Waals surface area contributed by atoms with Crippen LogP contribution >= 0.6 is 0 Å². The number of hydrogen-bond acceptors (Lipinski definition) is 3. The zero-order valence-corrected chi connectivity index (χ0v) is 22.2. The van der Waals surface area contributed by atoms with E-state index in [9.17, 15) is 4.79 Å². The topological polar surface area (TPSA) is 42.3 Å². The SMILES string of the molecule is Cc1c(N(C)C)c(C)c2oc(=O)c(-c3n(C)c4c(C)c(C)c(C)c(C)c4[n+]3C)c(C)c2c1C. The van der Waals surface area contributed by atoms with E-state index in [4.69, 9.17) is 4.42 Å². The van der Waals surface area contributed by atoms with Gasteiger partial charge in [-0.3, -0.25) is 0 Å². The second-order valence-electron chi connectivity index (χ2n) is 9.85. The molecule has 0 aliphatic rings. The molecule has 0 spiro atoms. The van der Waals surface area contributed by atoms with Gasteiger partial charge in [0.15, 0.2) is 16.6 Å². The van der Waals surface area contributed by atoms with Gasteiger partial charge >= 0.3 is 5.63 Å². The van der Waals surface area contributed by atoms with Crippen LogP contribution in [0.25, 0.3) is 33.4 Å². The fourth-order valence-electron chi connectivity index (χ4n) is 5.91. The molecule has 2 aromatic carbocycles. The minimum Gasteiger partial charge on any atom is -0.422 e. The summed E-state index contributed by atoms with van der Waals surface area (Å²) in [6.45, 7) is 17.1. The summed E-state index contributed by atoms with van der Waals surface area (Å²) < 4.78 is 10.4. The third-order valence-electron chi connectivity index (χ3n) is 7.96. The average molecular weight is 447 g/mol. The maximum atomic E-state index is 13.6.